The highest BCUT2D eigenvalue weighted by Crippen LogP contribution is 2.26. The Morgan fingerprint density at radius 3 is 2.77 bits per heavy atom. The number of carbonyl (C=O) groups excluding carboxylic acids is 2. The van der Waals surface area contributed by atoms with E-state index in [1.807, 2.05) is 11.8 Å². The van der Waals surface area contributed by atoms with Crippen molar-refractivity contribution in [3.05, 3.63) is 57.8 Å². The first kappa shape index (κ1) is 20.0. The van der Waals surface area contributed by atoms with Crippen molar-refractivity contribution in [1.29, 1.82) is 0 Å². The summed E-state index contributed by atoms with van der Waals surface area (Å²) >= 11 is 5.87. The quantitative estimate of drug-likeness (QED) is 0.606. The number of rotatable bonds is 2. The minimum Gasteiger partial charge on any atom is -0.408 e. The Hall–Kier alpha value is -3.33. The predicted molar refractivity (Wildman–Crippen MR) is 110 cm³/mol. The summed E-state index contributed by atoms with van der Waals surface area (Å²) in [5.74, 6) is -2.53. The molecule has 0 aliphatic carbocycles. The third kappa shape index (κ3) is 3.88. The van der Waals surface area contributed by atoms with E-state index in [1.54, 1.807) is 24.3 Å². The number of benzene rings is 2. The van der Waals surface area contributed by atoms with Crippen LogP contribution in [0.2, 0.25) is 5.02 Å². The maximum Gasteiger partial charge on any atom is 0.417 e. The highest BCUT2D eigenvalue weighted by Gasteiger charge is 2.30. The molecule has 2 amide bonds. The van der Waals surface area contributed by atoms with Crippen molar-refractivity contribution in [1.82, 2.24) is 9.88 Å². The number of carbonyl (C=O) groups is 2. The van der Waals surface area contributed by atoms with Gasteiger partial charge in [0.2, 0.25) is 0 Å². The second-order valence-electron chi connectivity index (χ2n) is 7.07. The first-order chi connectivity index (χ1) is 14.3. The lowest BCUT2D eigenvalue weighted by Crippen LogP contribution is -2.55. The molecule has 30 heavy (non-hydrogen) atoms. The van der Waals surface area contributed by atoms with E-state index in [0.29, 0.717) is 30.8 Å². The molecule has 0 radical (unpaired) electrons. The second-order valence-corrected chi connectivity index (χ2v) is 7.48. The Labute approximate surface area is 175 Å². The molecule has 1 aliphatic heterocycles. The van der Waals surface area contributed by atoms with Crippen LogP contribution in [0.25, 0.3) is 11.1 Å². The molecular weight excluding hydrogens is 415 g/mol. The first-order valence-corrected chi connectivity index (χ1v) is 9.64. The van der Waals surface area contributed by atoms with E-state index in [9.17, 15) is 18.8 Å². The Bertz CT molecular complexity index is 1190. The van der Waals surface area contributed by atoms with E-state index in [-0.39, 0.29) is 16.6 Å². The number of fused-ring (bicyclic) bond motifs is 1. The number of piperazine rings is 1. The zero-order chi connectivity index (χ0) is 21.4. The average molecular weight is 433 g/mol. The molecule has 8 nitrogen and oxygen atoms in total. The topological polar surface area (TPSA) is 98.7 Å². The van der Waals surface area contributed by atoms with Crippen LogP contribution >= 0.6 is 11.6 Å². The summed E-state index contributed by atoms with van der Waals surface area (Å²) in [5.41, 5.74) is 1.88. The van der Waals surface area contributed by atoms with E-state index in [0.717, 1.165) is 5.69 Å². The molecule has 1 aromatic heterocycles. The molecule has 1 aliphatic rings. The molecule has 1 fully saturated rings. The summed E-state index contributed by atoms with van der Waals surface area (Å²) in [5, 5.41) is 2.57. The van der Waals surface area contributed by atoms with Crippen LogP contribution in [0.1, 0.15) is 6.92 Å². The summed E-state index contributed by atoms with van der Waals surface area (Å²) < 4.78 is 18.4. The van der Waals surface area contributed by atoms with Crippen LogP contribution in [0.15, 0.2) is 45.6 Å². The van der Waals surface area contributed by atoms with Crippen molar-refractivity contribution in [2.24, 2.45) is 0 Å². The van der Waals surface area contributed by atoms with Gasteiger partial charge in [-0.15, -0.1) is 0 Å². The van der Waals surface area contributed by atoms with Crippen LogP contribution in [0.5, 0.6) is 0 Å². The number of aromatic nitrogens is 1. The predicted octanol–water partition coefficient (Wildman–Crippen LogP) is 2.59. The summed E-state index contributed by atoms with van der Waals surface area (Å²) in [4.78, 5) is 42.2. The number of halogens is 2. The summed E-state index contributed by atoms with van der Waals surface area (Å²) in [6, 6.07) is 9.01. The lowest BCUT2D eigenvalue weighted by Gasteiger charge is -2.41. The number of nitrogens with one attached hydrogen (secondary N) is 2. The van der Waals surface area contributed by atoms with Crippen molar-refractivity contribution < 1.29 is 18.4 Å². The third-order valence-corrected chi connectivity index (χ3v) is 5.31. The van der Waals surface area contributed by atoms with Gasteiger partial charge in [-0.05, 0) is 37.3 Å². The van der Waals surface area contributed by atoms with E-state index in [2.05, 4.69) is 10.3 Å². The smallest absolute Gasteiger partial charge is 0.408 e. The van der Waals surface area contributed by atoms with Crippen molar-refractivity contribution in [3.8, 4) is 0 Å². The molecule has 1 saturated heterocycles. The Balaban J connectivity index is 1.41. The minimum absolute atomic E-state index is 0.0350. The maximum absolute atomic E-state index is 13.4. The molecule has 0 spiro atoms. The van der Waals surface area contributed by atoms with Gasteiger partial charge < -0.3 is 19.5 Å². The molecule has 4 rings (SSSR count). The molecule has 0 unspecified atom stereocenters. The molecule has 2 N–H and O–H groups in total. The van der Waals surface area contributed by atoms with Gasteiger partial charge in [0, 0.05) is 43.1 Å². The van der Waals surface area contributed by atoms with Crippen LogP contribution in [0, 0.1) is 5.82 Å². The fourth-order valence-electron chi connectivity index (χ4n) is 3.54. The maximum atomic E-state index is 13.4. The van der Waals surface area contributed by atoms with Gasteiger partial charge in [-0.2, -0.15) is 0 Å². The largest absolute Gasteiger partial charge is 0.417 e. The van der Waals surface area contributed by atoms with Gasteiger partial charge in [0.05, 0.1) is 10.5 Å². The molecule has 2 aromatic carbocycles. The van der Waals surface area contributed by atoms with Gasteiger partial charge in [-0.25, -0.2) is 9.18 Å². The summed E-state index contributed by atoms with van der Waals surface area (Å²) in [7, 11) is 0. The second kappa shape index (κ2) is 7.83. The van der Waals surface area contributed by atoms with Gasteiger partial charge in [0.15, 0.2) is 5.58 Å². The average Bonchev–Trinajstić information content (AvgIpc) is 3.08. The number of anilines is 2. The molecule has 2 heterocycles. The highest BCUT2D eigenvalue weighted by atomic mass is 35.5. The van der Waals surface area contributed by atoms with Gasteiger partial charge in [0.25, 0.3) is 0 Å². The summed E-state index contributed by atoms with van der Waals surface area (Å²) in [6.45, 7) is 3.04. The monoisotopic (exact) mass is 432 g/mol. The van der Waals surface area contributed by atoms with Crippen LogP contribution < -0.4 is 16.0 Å². The van der Waals surface area contributed by atoms with Crippen LogP contribution in [0.4, 0.5) is 15.8 Å². The molecule has 0 saturated carbocycles. The molecule has 10 heteroatoms. The lowest BCUT2D eigenvalue weighted by molar-refractivity contribution is -0.143. The zero-order valence-electron chi connectivity index (χ0n) is 15.9. The third-order valence-electron chi connectivity index (χ3n) is 5.02. The highest BCUT2D eigenvalue weighted by molar-refractivity contribution is 6.39. The van der Waals surface area contributed by atoms with E-state index in [1.165, 1.54) is 17.0 Å². The SMILES string of the molecule is C[C@@H]1CN(C(=O)C(=O)Nc2ccc3[nH]c(=O)oc3c2)CCN1c1ccc(F)c(Cl)c1. The first-order valence-electron chi connectivity index (χ1n) is 9.26. The number of hydrogen-bond donors (Lipinski definition) is 2. The van der Waals surface area contributed by atoms with Gasteiger partial charge in [-0.1, -0.05) is 11.6 Å². The number of aromatic amines is 1. The van der Waals surface area contributed by atoms with Crippen molar-refractivity contribution in [2.45, 2.75) is 13.0 Å². The van der Waals surface area contributed by atoms with Crippen LogP contribution in [-0.4, -0.2) is 47.4 Å². The van der Waals surface area contributed by atoms with Gasteiger partial charge in [-0.3, -0.25) is 14.6 Å². The van der Waals surface area contributed by atoms with E-state index in [4.69, 9.17) is 16.0 Å². The van der Waals surface area contributed by atoms with Crippen molar-refractivity contribution in [3.63, 3.8) is 0 Å². The van der Waals surface area contributed by atoms with Gasteiger partial charge in [0.1, 0.15) is 5.82 Å². The molecular formula is C20H18ClFN4O4. The van der Waals surface area contributed by atoms with E-state index >= 15 is 0 Å². The van der Waals surface area contributed by atoms with Gasteiger partial charge >= 0.3 is 17.6 Å². The molecule has 1 atom stereocenters. The van der Waals surface area contributed by atoms with Crippen molar-refractivity contribution in [2.75, 3.05) is 29.9 Å². The minimum atomic E-state index is -0.780. The Morgan fingerprint density at radius 2 is 2.03 bits per heavy atom. The lowest BCUT2D eigenvalue weighted by atomic mass is 10.1. The Morgan fingerprint density at radius 1 is 1.23 bits per heavy atom. The molecule has 0 bridgehead atoms. The van der Waals surface area contributed by atoms with E-state index < -0.39 is 23.4 Å². The molecule has 156 valence electrons. The van der Waals surface area contributed by atoms with Crippen molar-refractivity contribution >= 4 is 45.9 Å². The summed E-state index contributed by atoms with van der Waals surface area (Å²) in [6.07, 6.45) is 0. The number of amides is 2. The Kier molecular flexibility index (Phi) is 5.21. The van der Waals surface area contributed by atoms with Crippen LogP contribution in [-0.2, 0) is 9.59 Å². The fourth-order valence-corrected chi connectivity index (χ4v) is 3.72. The molecule has 3 aromatic rings. The zero-order valence-corrected chi connectivity index (χ0v) is 16.7. The standard InChI is InChI=1S/C20H18ClFN4O4/c1-11-10-25(6-7-26(11)13-3-4-15(22)14(21)9-13)19(28)18(27)23-12-2-5-16-17(8-12)30-20(29)24-16/h2-5,8-9,11H,6-7,10H2,1H3,(H,23,27)(H,24,29)/t11-/m1/s1. The number of hydrogen-bond acceptors (Lipinski definition) is 5. The normalized spacial score (nSPS) is 16.7. The number of oxazole rings is 1. The number of H-pyrrole nitrogens is 1. The fraction of sp³-hybridized carbons (Fsp3) is 0.250. The number of nitrogens with zero attached hydrogens (tertiary/aromatic N) is 2. The van der Waals surface area contributed by atoms with Crippen LogP contribution in [0.3, 0.4) is 0 Å².